The second-order valence-electron chi connectivity index (χ2n) is 3.80. The van der Waals surface area contributed by atoms with Crippen molar-refractivity contribution in [3.8, 4) is 5.75 Å². The highest BCUT2D eigenvalue weighted by Crippen LogP contribution is 2.30. The van der Waals surface area contributed by atoms with Gasteiger partial charge in [-0.15, -0.1) is 0 Å². The first-order chi connectivity index (χ1) is 8.58. The first-order valence-electron chi connectivity index (χ1n) is 5.30. The molecule has 1 heterocycles. The molecule has 5 heteroatoms. The van der Waals surface area contributed by atoms with E-state index in [-0.39, 0.29) is 10.7 Å². The van der Waals surface area contributed by atoms with Crippen molar-refractivity contribution >= 4 is 28.5 Å². The van der Waals surface area contributed by atoms with E-state index in [0.717, 1.165) is 10.9 Å². The average Bonchev–Trinajstić information content (AvgIpc) is 2.38. The number of pyridine rings is 1. The highest BCUT2D eigenvalue weighted by molar-refractivity contribution is 6.33. The summed E-state index contributed by atoms with van der Waals surface area (Å²) in [6, 6.07) is 5.39. The van der Waals surface area contributed by atoms with Crippen LogP contribution < -0.4 is 4.74 Å². The molecule has 2 rings (SSSR count). The molecule has 1 aromatic carbocycles. The molecule has 0 aliphatic carbocycles. The number of hydrogen-bond donors (Lipinski definition) is 0. The minimum absolute atomic E-state index is 0.109. The summed E-state index contributed by atoms with van der Waals surface area (Å²) in [6.07, 6.45) is 0. The van der Waals surface area contributed by atoms with Gasteiger partial charge in [-0.25, -0.2) is 9.78 Å². The first-order valence-corrected chi connectivity index (χ1v) is 5.68. The lowest BCUT2D eigenvalue weighted by atomic mass is 10.1. The standard InChI is InChI=1S/C13H12ClNO3/c1-7-4-5-10(17-2)11-8(7)6-9(12(14)15-11)13(16)18-3/h4-6H,1-3H3. The number of halogens is 1. The molecule has 0 aliphatic rings. The summed E-state index contributed by atoms with van der Waals surface area (Å²) < 4.78 is 9.89. The number of nitrogens with zero attached hydrogens (tertiary/aromatic N) is 1. The van der Waals surface area contributed by atoms with Crippen molar-refractivity contribution in [3.05, 3.63) is 34.5 Å². The number of aryl methyl sites for hydroxylation is 1. The Morgan fingerprint density at radius 2 is 2.06 bits per heavy atom. The molecule has 0 fully saturated rings. The molecule has 0 saturated heterocycles. The molecule has 94 valence electrons. The molecule has 0 amide bonds. The van der Waals surface area contributed by atoms with Crippen LogP contribution >= 0.6 is 11.6 Å². The third-order valence-corrected chi connectivity index (χ3v) is 3.03. The molecule has 18 heavy (non-hydrogen) atoms. The first kappa shape index (κ1) is 12.6. The van der Waals surface area contributed by atoms with E-state index in [1.165, 1.54) is 7.11 Å². The highest BCUT2D eigenvalue weighted by Gasteiger charge is 2.16. The maximum Gasteiger partial charge on any atom is 0.341 e. The third kappa shape index (κ3) is 1.99. The van der Waals surface area contributed by atoms with Crippen LogP contribution in [0.5, 0.6) is 5.75 Å². The lowest BCUT2D eigenvalue weighted by Crippen LogP contribution is -2.04. The van der Waals surface area contributed by atoms with E-state index in [2.05, 4.69) is 9.72 Å². The summed E-state index contributed by atoms with van der Waals surface area (Å²) >= 11 is 5.99. The van der Waals surface area contributed by atoms with E-state index in [1.807, 2.05) is 19.1 Å². The quantitative estimate of drug-likeness (QED) is 0.619. The van der Waals surface area contributed by atoms with Crippen LogP contribution in [0.2, 0.25) is 5.15 Å². The Bertz CT molecular complexity index is 625. The predicted octanol–water partition coefficient (Wildman–Crippen LogP) is 2.99. The topological polar surface area (TPSA) is 48.4 Å². The Labute approximate surface area is 109 Å². The fourth-order valence-corrected chi connectivity index (χ4v) is 1.98. The lowest BCUT2D eigenvalue weighted by Gasteiger charge is -2.09. The van der Waals surface area contributed by atoms with Crippen LogP contribution in [0.4, 0.5) is 0 Å². The molecule has 0 N–H and O–H groups in total. The monoisotopic (exact) mass is 265 g/mol. The maximum absolute atomic E-state index is 11.6. The van der Waals surface area contributed by atoms with Gasteiger partial charge in [-0.1, -0.05) is 17.7 Å². The van der Waals surface area contributed by atoms with Crippen molar-refractivity contribution in [1.29, 1.82) is 0 Å². The Morgan fingerprint density at radius 1 is 1.33 bits per heavy atom. The van der Waals surface area contributed by atoms with Gasteiger partial charge in [0.05, 0.1) is 19.8 Å². The van der Waals surface area contributed by atoms with Crippen LogP contribution in [0.25, 0.3) is 10.9 Å². The zero-order valence-corrected chi connectivity index (χ0v) is 11.0. The third-order valence-electron chi connectivity index (χ3n) is 2.74. The average molecular weight is 266 g/mol. The van der Waals surface area contributed by atoms with Crippen LogP contribution in [-0.2, 0) is 4.74 Å². The summed E-state index contributed by atoms with van der Waals surface area (Å²) in [6.45, 7) is 1.93. The number of esters is 1. The fraction of sp³-hybridized carbons (Fsp3) is 0.231. The van der Waals surface area contributed by atoms with E-state index >= 15 is 0 Å². The van der Waals surface area contributed by atoms with E-state index in [1.54, 1.807) is 13.2 Å². The van der Waals surface area contributed by atoms with E-state index in [4.69, 9.17) is 16.3 Å². The second-order valence-corrected chi connectivity index (χ2v) is 4.16. The maximum atomic E-state index is 11.6. The number of ether oxygens (including phenoxy) is 2. The second kappa shape index (κ2) is 4.82. The molecular weight excluding hydrogens is 254 g/mol. The molecule has 0 bridgehead atoms. The molecule has 0 atom stereocenters. The number of rotatable bonds is 2. The Hall–Kier alpha value is -1.81. The molecule has 4 nitrogen and oxygen atoms in total. The molecule has 1 aromatic heterocycles. The molecule has 0 saturated carbocycles. The predicted molar refractivity (Wildman–Crippen MR) is 69.4 cm³/mol. The number of carbonyl (C=O) groups excluding carboxylic acids is 1. The van der Waals surface area contributed by atoms with E-state index in [9.17, 15) is 4.79 Å². The Morgan fingerprint density at radius 3 is 2.67 bits per heavy atom. The highest BCUT2D eigenvalue weighted by atomic mass is 35.5. The van der Waals surface area contributed by atoms with Gasteiger partial charge in [0, 0.05) is 5.39 Å². The summed E-state index contributed by atoms with van der Waals surface area (Å²) in [4.78, 5) is 15.8. The van der Waals surface area contributed by atoms with E-state index in [0.29, 0.717) is 11.3 Å². The largest absolute Gasteiger partial charge is 0.494 e. The normalized spacial score (nSPS) is 10.4. The van der Waals surface area contributed by atoms with Crippen LogP contribution in [-0.4, -0.2) is 25.2 Å². The zero-order chi connectivity index (χ0) is 13.3. The number of methoxy groups -OCH3 is 2. The molecule has 0 unspecified atom stereocenters. The van der Waals surface area contributed by atoms with Crippen molar-refractivity contribution in [2.75, 3.05) is 14.2 Å². The van der Waals surface area contributed by atoms with Crippen LogP contribution in [0.1, 0.15) is 15.9 Å². The van der Waals surface area contributed by atoms with Gasteiger partial charge in [0.25, 0.3) is 0 Å². The summed E-state index contributed by atoms with van der Waals surface area (Å²) in [7, 11) is 2.87. The Balaban J connectivity index is 2.79. The minimum atomic E-state index is -0.503. The van der Waals surface area contributed by atoms with Crippen molar-refractivity contribution in [3.63, 3.8) is 0 Å². The SMILES string of the molecule is COC(=O)c1cc2c(C)ccc(OC)c2nc1Cl. The fourth-order valence-electron chi connectivity index (χ4n) is 1.77. The van der Waals surface area contributed by atoms with Gasteiger partial charge in [0.15, 0.2) is 0 Å². The van der Waals surface area contributed by atoms with Crippen molar-refractivity contribution < 1.29 is 14.3 Å². The number of carbonyl (C=O) groups is 1. The summed E-state index contributed by atoms with van der Waals surface area (Å²) in [5.41, 5.74) is 1.87. The van der Waals surface area contributed by atoms with Gasteiger partial charge in [-0.3, -0.25) is 0 Å². The van der Waals surface area contributed by atoms with Crippen molar-refractivity contribution in [2.24, 2.45) is 0 Å². The zero-order valence-electron chi connectivity index (χ0n) is 10.3. The smallest absolute Gasteiger partial charge is 0.341 e. The Kier molecular flexibility index (Phi) is 3.39. The molecule has 2 aromatic rings. The van der Waals surface area contributed by atoms with Crippen LogP contribution in [0, 0.1) is 6.92 Å². The number of fused-ring (bicyclic) bond motifs is 1. The summed E-state index contributed by atoms with van der Waals surface area (Å²) in [5.74, 6) is 0.116. The van der Waals surface area contributed by atoms with Gasteiger partial charge >= 0.3 is 5.97 Å². The number of aromatic nitrogens is 1. The molecular formula is C13H12ClNO3. The number of benzene rings is 1. The minimum Gasteiger partial charge on any atom is -0.494 e. The van der Waals surface area contributed by atoms with Crippen LogP contribution in [0.15, 0.2) is 18.2 Å². The van der Waals surface area contributed by atoms with E-state index < -0.39 is 5.97 Å². The van der Waals surface area contributed by atoms with Gasteiger partial charge in [0.1, 0.15) is 16.4 Å². The van der Waals surface area contributed by atoms with Gasteiger partial charge < -0.3 is 9.47 Å². The molecule has 0 aliphatic heterocycles. The van der Waals surface area contributed by atoms with Crippen molar-refractivity contribution in [1.82, 2.24) is 4.98 Å². The summed E-state index contributed by atoms with van der Waals surface area (Å²) in [5, 5.41) is 0.928. The lowest BCUT2D eigenvalue weighted by molar-refractivity contribution is 0.0600. The molecule has 0 spiro atoms. The van der Waals surface area contributed by atoms with Gasteiger partial charge in [-0.2, -0.15) is 0 Å². The van der Waals surface area contributed by atoms with Gasteiger partial charge in [0.2, 0.25) is 0 Å². The van der Waals surface area contributed by atoms with Crippen molar-refractivity contribution in [2.45, 2.75) is 6.92 Å². The molecule has 0 radical (unpaired) electrons. The number of hydrogen-bond acceptors (Lipinski definition) is 4. The van der Waals surface area contributed by atoms with Gasteiger partial charge in [-0.05, 0) is 24.6 Å². The van der Waals surface area contributed by atoms with Crippen LogP contribution in [0.3, 0.4) is 0 Å².